The van der Waals surface area contributed by atoms with Gasteiger partial charge in [-0.1, -0.05) is 30.3 Å². The molecule has 1 heterocycles. The molecule has 0 spiro atoms. The molecular formula is C16H15NO2. The Morgan fingerprint density at radius 1 is 1.11 bits per heavy atom. The molecule has 0 aromatic heterocycles. The number of aliphatic hydroxyl groups is 1. The number of benzene rings is 2. The summed E-state index contributed by atoms with van der Waals surface area (Å²) in [6.07, 6.45) is -0.486. The summed E-state index contributed by atoms with van der Waals surface area (Å²) in [6.45, 7) is 2.34. The fraction of sp³-hybridized carbons (Fsp3) is 0.188. The Labute approximate surface area is 112 Å². The molecule has 0 saturated heterocycles. The van der Waals surface area contributed by atoms with Gasteiger partial charge in [0.05, 0.1) is 12.6 Å². The van der Waals surface area contributed by atoms with E-state index in [4.69, 9.17) is 0 Å². The molecule has 1 N–H and O–H groups in total. The maximum Gasteiger partial charge on any atom is 0.258 e. The van der Waals surface area contributed by atoms with Crippen molar-refractivity contribution in [1.82, 2.24) is 0 Å². The standard InChI is InChI=1S/C16H15NO2/c1-11(18)12-6-8-14(9-7-12)17-10-13-4-2-3-5-15(13)16(17)19/h2-9,11,18H,10H2,1H3/t11-/m1/s1. The van der Waals surface area contributed by atoms with E-state index in [1.165, 1.54) is 0 Å². The molecule has 96 valence electrons. The van der Waals surface area contributed by atoms with Crippen molar-refractivity contribution in [3.63, 3.8) is 0 Å². The van der Waals surface area contributed by atoms with Crippen LogP contribution in [0.5, 0.6) is 0 Å². The van der Waals surface area contributed by atoms with Crippen LogP contribution < -0.4 is 4.90 Å². The van der Waals surface area contributed by atoms with Crippen molar-refractivity contribution >= 4 is 11.6 Å². The number of fused-ring (bicyclic) bond motifs is 1. The zero-order valence-electron chi connectivity index (χ0n) is 10.7. The van der Waals surface area contributed by atoms with E-state index in [2.05, 4.69) is 0 Å². The van der Waals surface area contributed by atoms with Gasteiger partial charge >= 0.3 is 0 Å². The highest BCUT2D eigenvalue weighted by Gasteiger charge is 2.27. The van der Waals surface area contributed by atoms with Crippen LogP contribution in [-0.4, -0.2) is 11.0 Å². The lowest BCUT2D eigenvalue weighted by Crippen LogP contribution is -2.22. The van der Waals surface area contributed by atoms with Crippen molar-refractivity contribution < 1.29 is 9.90 Å². The zero-order chi connectivity index (χ0) is 13.4. The average Bonchev–Trinajstić information content (AvgIpc) is 2.77. The maximum absolute atomic E-state index is 12.3. The highest BCUT2D eigenvalue weighted by molar-refractivity contribution is 6.09. The predicted octanol–water partition coefficient (Wildman–Crippen LogP) is 2.90. The number of hydrogen-bond donors (Lipinski definition) is 1. The summed E-state index contributed by atoms with van der Waals surface area (Å²) in [4.78, 5) is 14.1. The molecule has 1 aliphatic rings. The smallest absolute Gasteiger partial charge is 0.258 e. The average molecular weight is 253 g/mol. The van der Waals surface area contributed by atoms with Crippen LogP contribution in [0, 0.1) is 0 Å². The minimum Gasteiger partial charge on any atom is -0.389 e. The van der Waals surface area contributed by atoms with Gasteiger partial charge in [-0.05, 0) is 36.2 Å². The van der Waals surface area contributed by atoms with Crippen LogP contribution in [0.4, 0.5) is 5.69 Å². The highest BCUT2D eigenvalue weighted by atomic mass is 16.3. The lowest BCUT2D eigenvalue weighted by molar-refractivity contribution is 0.0996. The Bertz CT molecular complexity index is 617. The van der Waals surface area contributed by atoms with Gasteiger partial charge in [-0.25, -0.2) is 0 Å². The SMILES string of the molecule is C[C@@H](O)c1ccc(N2Cc3ccccc3C2=O)cc1. The monoisotopic (exact) mass is 253 g/mol. The first-order valence-corrected chi connectivity index (χ1v) is 6.34. The van der Waals surface area contributed by atoms with Crippen molar-refractivity contribution in [2.24, 2.45) is 0 Å². The molecule has 19 heavy (non-hydrogen) atoms. The van der Waals surface area contributed by atoms with E-state index in [-0.39, 0.29) is 5.91 Å². The molecule has 1 aliphatic heterocycles. The Kier molecular flexibility index (Phi) is 2.84. The number of anilines is 1. The molecule has 2 aromatic rings. The molecule has 3 nitrogen and oxygen atoms in total. The molecule has 0 aliphatic carbocycles. The third kappa shape index (κ3) is 2.02. The summed E-state index contributed by atoms with van der Waals surface area (Å²) in [5, 5.41) is 9.49. The molecule has 3 rings (SSSR count). The topological polar surface area (TPSA) is 40.5 Å². The van der Waals surface area contributed by atoms with Gasteiger partial charge in [0, 0.05) is 11.3 Å². The molecule has 1 amide bonds. The first kappa shape index (κ1) is 11.9. The number of carbonyl (C=O) groups excluding carboxylic acids is 1. The lowest BCUT2D eigenvalue weighted by Gasteiger charge is -2.16. The van der Waals surface area contributed by atoms with E-state index in [0.717, 1.165) is 22.4 Å². The Hall–Kier alpha value is -2.13. The molecule has 0 saturated carbocycles. The number of carbonyl (C=O) groups is 1. The van der Waals surface area contributed by atoms with E-state index in [9.17, 15) is 9.90 Å². The highest BCUT2D eigenvalue weighted by Crippen LogP contribution is 2.28. The van der Waals surface area contributed by atoms with Crippen molar-refractivity contribution in [1.29, 1.82) is 0 Å². The van der Waals surface area contributed by atoms with Gasteiger partial charge in [-0.15, -0.1) is 0 Å². The number of rotatable bonds is 2. The van der Waals surface area contributed by atoms with Crippen molar-refractivity contribution in [3.8, 4) is 0 Å². The zero-order valence-corrected chi connectivity index (χ0v) is 10.7. The van der Waals surface area contributed by atoms with Crippen molar-refractivity contribution in [2.45, 2.75) is 19.6 Å². The van der Waals surface area contributed by atoms with Crippen LogP contribution in [0.2, 0.25) is 0 Å². The van der Waals surface area contributed by atoms with E-state index in [0.29, 0.717) is 6.54 Å². The van der Waals surface area contributed by atoms with Gasteiger partial charge in [-0.3, -0.25) is 4.79 Å². The fourth-order valence-electron chi connectivity index (χ4n) is 2.40. The van der Waals surface area contributed by atoms with Gasteiger partial charge < -0.3 is 10.0 Å². The van der Waals surface area contributed by atoms with E-state index in [1.807, 2.05) is 48.5 Å². The number of aliphatic hydroxyl groups excluding tert-OH is 1. The summed E-state index contributed by atoms with van der Waals surface area (Å²) in [5.41, 5.74) is 3.56. The molecule has 0 radical (unpaired) electrons. The molecule has 0 fully saturated rings. The molecule has 3 heteroatoms. The molecule has 1 atom stereocenters. The first-order chi connectivity index (χ1) is 9.16. The van der Waals surface area contributed by atoms with Crippen LogP contribution >= 0.6 is 0 Å². The van der Waals surface area contributed by atoms with E-state index in [1.54, 1.807) is 11.8 Å². The van der Waals surface area contributed by atoms with Crippen LogP contribution in [0.15, 0.2) is 48.5 Å². The Morgan fingerprint density at radius 2 is 1.79 bits per heavy atom. The minimum absolute atomic E-state index is 0.0420. The van der Waals surface area contributed by atoms with Gasteiger partial charge in [-0.2, -0.15) is 0 Å². The summed E-state index contributed by atoms with van der Waals surface area (Å²) in [7, 11) is 0. The van der Waals surface area contributed by atoms with Gasteiger partial charge in [0.1, 0.15) is 0 Å². The Morgan fingerprint density at radius 3 is 2.42 bits per heavy atom. The third-order valence-electron chi connectivity index (χ3n) is 3.51. The van der Waals surface area contributed by atoms with Gasteiger partial charge in [0.2, 0.25) is 0 Å². The predicted molar refractivity (Wildman–Crippen MR) is 74.0 cm³/mol. The largest absolute Gasteiger partial charge is 0.389 e. The summed E-state index contributed by atoms with van der Waals surface area (Å²) >= 11 is 0. The van der Waals surface area contributed by atoms with Crippen LogP contribution in [-0.2, 0) is 6.54 Å². The fourth-order valence-corrected chi connectivity index (χ4v) is 2.40. The van der Waals surface area contributed by atoms with E-state index >= 15 is 0 Å². The van der Waals surface area contributed by atoms with Crippen LogP contribution in [0.3, 0.4) is 0 Å². The second-order valence-electron chi connectivity index (χ2n) is 4.82. The van der Waals surface area contributed by atoms with E-state index < -0.39 is 6.10 Å². The maximum atomic E-state index is 12.3. The molecule has 0 unspecified atom stereocenters. The second-order valence-corrected chi connectivity index (χ2v) is 4.82. The van der Waals surface area contributed by atoms with Gasteiger partial charge in [0.25, 0.3) is 5.91 Å². The second kappa shape index (κ2) is 4.52. The van der Waals surface area contributed by atoms with Crippen LogP contribution in [0.25, 0.3) is 0 Å². The normalized spacial score (nSPS) is 15.5. The minimum atomic E-state index is -0.486. The molecule has 0 bridgehead atoms. The quantitative estimate of drug-likeness (QED) is 0.894. The Balaban J connectivity index is 1.91. The van der Waals surface area contributed by atoms with Gasteiger partial charge in [0.15, 0.2) is 0 Å². The van der Waals surface area contributed by atoms with Crippen LogP contribution in [0.1, 0.15) is 34.5 Å². The summed E-state index contributed by atoms with van der Waals surface area (Å²) in [5.74, 6) is 0.0420. The lowest BCUT2D eigenvalue weighted by atomic mass is 10.1. The number of hydrogen-bond acceptors (Lipinski definition) is 2. The molecule has 2 aromatic carbocycles. The van der Waals surface area contributed by atoms with Crippen molar-refractivity contribution in [2.75, 3.05) is 4.90 Å². The number of nitrogens with zero attached hydrogens (tertiary/aromatic N) is 1. The number of amides is 1. The summed E-state index contributed by atoms with van der Waals surface area (Å²) < 4.78 is 0. The summed E-state index contributed by atoms with van der Waals surface area (Å²) in [6, 6.07) is 15.2. The van der Waals surface area contributed by atoms with Crippen molar-refractivity contribution in [3.05, 3.63) is 65.2 Å². The first-order valence-electron chi connectivity index (χ1n) is 6.34. The molecular weight excluding hydrogens is 238 g/mol. The third-order valence-corrected chi connectivity index (χ3v) is 3.51.